The van der Waals surface area contributed by atoms with E-state index >= 15 is 0 Å². The lowest BCUT2D eigenvalue weighted by Crippen LogP contribution is -2.46. The molecule has 2 aliphatic rings. The predicted octanol–water partition coefficient (Wildman–Crippen LogP) is 11.2. The Kier molecular flexibility index (Phi) is 23.4. The number of esters is 3. The average Bonchev–Trinajstić information content (AvgIpc) is 0.699. The zero-order chi connectivity index (χ0) is 68.2. The highest BCUT2D eigenvalue weighted by molar-refractivity contribution is 5.87. The van der Waals surface area contributed by atoms with Gasteiger partial charge in [0.15, 0.2) is 0 Å². The van der Waals surface area contributed by atoms with Gasteiger partial charge in [0.05, 0.1) is 19.6 Å². The van der Waals surface area contributed by atoms with Crippen LogP contribution in [-0.2, 0) is 74.7 Å². The molecule has 0 heterocycles. The van der Waals surface area contributed by atoms with Crippen molar-refractivity contribution in [2.75, 3.05) is 67.9 Å². The van der Waals surface area contributed by atoms with Crippen LogP contribution in [0.15, 0.2) is 237 Å². The molecule has 0 fully saturated rings. The van der Waals surface area contributed by atoms with Crippen LogP contribution < -0.4 is 20.1 Å². The first kappa shape index (κ1) is 69.6. The largest absolute Gasteiger partial charge is 0.508 e. The Hall–Kier alpha value is -11.3. The Balaban J connectivity index is 0.000000226. The van der Waals surface area contributed by atoms with E-state index < -0.39 is 52.5 Å². The molecule has 0 saturated carbocycles. The molecule has 0 aromatic heterocycles. The van der Waals surface area contributed by atoms with Gasteiger partial charge < -0.3 is 63.5 Å². The molecule has 8 aromatic rings. The van der Waals surface area contributed by atoms with Crippen molar-refractivity contribution in [2.45, 2.75) is 29.3 Å². The van der Waals surface area contributed by atoms with Crippen LogP contribution in [0.4, 0.5) is 9.59 Å². The highest BCUT2D eigenvalue weighted by atomic mass is 16.6. The number of phenolic OH excluding ortho intramolecular Hbond substituents is 2. The van der Waals surface area contributed by atoms with Crippen molar-refractivity contribution < 1.29 is 81.6 Å². The fourth-order valence-electron chi connectivity index (χ4n) is 11.8. The Morgan fingerprint density at radius 1 is 0.442 bits per heavy atom. The van der Waals surface area contributed by atoms with Crippen LogP contribution in [0.5, 0.6) is 23.0 Å². The maximum Gasteiger partial charge on any atom is 0.412 e. The highest BCUT2D eigenvalue weighted by Gasteiger charge is 2.55. The molecule has 0 radical (unpaired) electrons. The van der Waals surface area contributed by atoms with Crippen LogP contribution >= 0.6 is 0 Å². The zero-order valence-corrected chi connectivity index (χ0v) is 53.0. The van der Waals surface area contributed by atoms with E-state index in [4.69, 9.17) is 37.9 Å². The van der Waals surface area contributed by atoms with Gasteiger partial charge in [0.25, 0.3) is 0 Å². The number of carbonyl (C=O) groups excluding carboxylic acids is 6. The standard InChI is InChI=1S/C40H38N2O10.C28H24O4.C7H9NO3/c1-5-35(43)49-25-23-41-37(45)51-29-19-15-27(16-20-29)39(47-3)31-11-7-9-13-33(31)40(48-4,34-14-10-8-12-32(34)39)28-17-21-30(22-18-28)52-38(46)42-24-26-50-36(44)6-2;1-31-27(19-11-15-21(29)16-12-19)23-7-3-5-9-25(23)28(32-2,20-13-17-22(30)18-14-20)26-10-6-4-8-24(26)27;1-6(2)7(10)11-4-3-8-5-9/h5-22H,1-2,23-26H2,3-4H3,(H,41,45)(H,42,46);3-18,29-30H,1-2H3;1,3-4H2,2H3. The lowest BCUT2D eigenvalue weighted by molar-refractivity contribution is -0.139. The molecule has 8 aromatic carbocycles. The summed E-state index contributed by atoms with van der Waals surface area (Å²) in [6.07, 6.45) is 2.01. The summed E-state index contributed by atoms with van der Waals surface area (Å²) in [6.45, 7) is 11.9. The van der Waals surface area contributed by atoms with E-state index in [0.29, 0.717) is 17.1 Å². The van der Waals surface area contributed by atoms with E-state index in [1.54, 1.807) is 83.9 Å². The molecule has 2 aliphatic carbocycles. The van der Waals surface area contributed by atoms with Crippen molar-refractivity contribution in [3.63, 3.8) is 0 Å². The van der Waals surface area contributed by atoms with E-state index in [1.807, 2.05) is 121 Å². The quantitative estimate of drug-likeness (QED) is 0.0123. The number of nitrogens with zero attached hydrogens (tertiary/aromatic N) is 1. The maximum absolute atomic E-state index is 12.4. The molecule has 20 nitrogen and oxygen atoms in total. The third-order valence-corrected chi connectivity index (χ3v) is 15.9. The molecule has 488 valence electrons. The first-order valence-electron chi connectivity index (χ1n) is 29.8. The van der Waals surface area contributed by atoms with Gasteiger partial charge >= 0.3 is 30.1 Å². The maximum atomic E-state index is 12.4. The van der Waals surface area contributed by atoms with Crippen molar-refractivity contribution in [2.24, 2.45) is 4.99 Å². The minimum atomic E-state index is -1.09. The molecule has 0 aliphatic heterocycles. The van der Waals surface area contributed by atoms with Crippen molar-refractivity contribution in [1.82, 2.24) is 10.6 Å². The number of methoxy groups -OCH3 is 4. The fourth-order valence-corrected chi connectivity index (χ4v) is 11.8. The second kappa shape index (κ2) is 31.9. The van der Waals surface area contributed by atoms with Crippen molar-refractivity contribution in [3.05, 3.63) is 298 Å². The Morgan fingerprint density at radius 2 is 0.716 bits per heavy atom. The molecule has 0 atom stereocenters. The molecule has 10 rings (SSSR count). The number of fused-ring (bicyclic) bond motifs is 4. The lowest BCUT2D eigenvalue weighted by atomic mass is 9.63. The van der Waals surface area contributed by atoms with Gasteiger partial charge in [-0.3, -0.25) is 0 Å². The van der Waals surface area contributed by atoms with Crippen LogP contribution in [0.2, 0.25) is 0 Å². The minimum Gasteiger partial charge on any atom is -0.508 e. The van der Waals surface area contributed by atoms with Gasteiger partial charge in [-0.05, 0) is 122 Å². The lowest BCUT2D eigenvalue weighted by Gasteiger charge is -2.48. The summed E-state index contributed by atoms with van der Waals surface area (Å²) in [7, 11) is 6.71. The van der Waals surface area contributed by atoms with Gasteiger partial charge in [0.2, 0.25) is 6.08 Å². The van der Waals surface area contributed by atoms with E-state index in [2.05, 4.69) is 64.4 Å². The normalized spacial score (nSPS) is 17.5. The van der Waals surface area contributed by atoms with Crippen molar-refractivity contribution in [3.8, 4) is 23.0 Å². The average molecular weight is 1290 g/mol. The van der Waals surface area contributed by atoms with Crippen LogP contribution in [0.1, 0.15) is 73.7 Å². The van der Waals surface area contributed by atoms with Gasteiger partial charge in [0.1, 0.15) is 65.2 Å². The van der Waals surface area contributed by atoms with E-state index in [0.717, 1.165) is 78.9 Å². The first-order valence-corrected chi connectivity index (χ1v) is 29.8. The molecular formula is C75H71N3O17. The first-order chi connectivity index (χ1) is 46.0. The van der Waals surface area contributed by atoms with Gasteiger partial charge in [-0.15, -0.1) is 0 Å². The van der Waals surface area contributed by atoms with Crippen molar-refractivity contribution >= 4 is 36.2 Å². The van der Waals surface area contributed by atoms with Crippen LogP contribution in [0.25, 0.3) is 0 Å². The molecule has 0 spiro atoms. The van der Waals surface area contributed by atoms with Gasteiger partial charge in [0, 0.05) is 46.2 Å². The van der Waals surface area contributed by atoms with Gasteiger partial charge in [-0.25, -0.2) is 33.8 Å². The number of carbonyl (C=O) groups is 5. The summed E-state index contributed by atoms with van der Waals surface area (Å²) in [4.78, 5) is 70.5. The monoisotopic (exact) mass is 1290 g/mol. The number of hydrogen-bond acceptors (Lipinski definition) is 18. The molecule has 20 heteroatoms. The molecule has 0 bridgehead atoms. The number of nitrogens with one attached hydrogen (secondary N) is 2. The number of aliphatic imine (C=N–C) groups is 1. The minimum absolute atomic E-state index is 0.0237. The second-order valence-corrected chi connectivity index (χ2v) is 21.1. The smallest absolute Gasteiger partial charge is 0.412 e. The molecule has 4 N–H and O–H groups in total. The predicted molar refractivity (Wildman–Crippen MR) is 352 cm³/mol. The van der Waals surface area contributed by atoms with Crippen LogP contribution in [-0.4, -0.2) is 114 Å². The number of aromatic hydroxyl groups is 2. The van der Waals surface area contributed by atoms with E-state index in [1.165, 1.54) is 6.08 Å². The molecule has 2 amide bonds. The third-order valence-electron chi connectivity index (χ3n) is 15.9. The SMILES string of the molecule is C=C(C)C(=O)OCCN=C=O.C=CC(=O)OCCNC(=O)Oc1ccc(C2(OC)c3ccccc3C(OC)(c3ccc(OC(=O)NCCOC(=O)C=C)cc3)c3ccccc32)cc1.COC1(c2ccc(O)cc2)c2ccccc2C(OC)(c2ccc(O)cc2)c2ccccc21. The second-order valence-electron chi connectivity index (χ2n) is 21.1. The Morgan fingerprint density at radius 3 is 0.958 bits per heavy atom. The summed E-state index contributed by atoms with van der Waals surface area (Å²) in [6, 6.07) is 60.3. The fraction of sp³-hybridized carbons (Fsp3) is 0.200. The van der Waals surface area contributed by atoms with Crippen LogP contribution in [0, 0.1) is 0 Å². The van der Waals surface area contributed by atoms with Crippen LogP contribution in [0.3, 0.4) is 0 Å². The molecular weight excluding hydrogens is 1210 g/mol. The highest BCUT2D eigenvalue weighted by Crippen LogP contribution is 2.58. The number of rotatable bonds is 22. The van der Waals surface area contributed by atoms with Gasteiger partial charge in [-0.1, -0.05) is 165 Å². The number of phenols is 2. The number of hydrogen-bond donors (Lipinski definition) is 4. The van der Waals surface area contributed by atoms with E-state index in [9.17, 15) is 39.0 Å². The number of benzene rings is 8. The van der Waals surface area contributed by atoms with Crippen molar-refractivity contribution in [1.29, 1.82) is 0 Å². The number of amides is 2. The third kappa shape index (κ3) is 14.5. The summed E-state index contributed by atoms with van der Waals surface area (Å²) in [5.41, 5.74) is 6.90. The Bertz CT molecular complexity index is 3770. The number of ether oxygens (including phenoxy) is 9. The summed E-state index contributed by atoms with van der Waals surface area (Å²) >= 11 is 0. The zero-order valence-electron chi connectivity index (χ0n) is 53.0. The van der Waals surface area contributed by atoms with E-state index in [-0.39, 0.29) is 51.0 Å². The Labute approximate surface area is 549 Å². The summed E-state index contributed by atoms with van der Waals surface area (Å²) in [5.74, 6) is -0.636. The number of isocyanates is 1. The summed E-state index contributed by atoms with van der Waals surface area (Å²) < 4.78 is 51.0. The summed E-state index contributed by atoms with van der Waals surface area (Å²) in [5, 5.41) is 24.9. The topological polar surface area (TPSA) is 262 Å². The molecule has 0 saturated heterocycles. The van der Waals surface area contributed by atoms with Gasteiger partial charge in [-0.2, -0.15) is 0 Å². The molecule has 95 heavy (non-hydrogen) atoms. The molecule has 0 unspecified atom stereocenters.